The standard InChI is InChI=1S/C24H28N6O/c1-23(2,16-6-5-7-17(13-16)24(3,4)31)14-26-21-11-10-19(27-29-21)15-8-9-20-18(12-15)22(25)30-28-20/h5-13,31H,14H2,1-4H3,(H,26,29)(H3,25,28,30). The van der Waals surface area contributed by atoms with Crippen LogP contribution in [0, 0.1) is 0 Å². The quantitative estimate of drug-likeness (QED) is 0.374. The lowest BCUT2D eigenvalue weighted by Gasteiger charge is -2.28. The summed E-state index contributed by atoms with van der Waals surface area (Å²) in [7, 11) is 0. The van der Waals surface area contributed by atoms with Crippen LogP contribution in [0.25, 0.3) is 22.2 Å². The number of aromatic amines is 1. The number of aromatic nitrogens is 4. The fourth-order valence-electron chi connectivity index (χ4n) is 3.51. The van der Waals surface area contributed by atoms with E-state index in [0.29, 0.717) is 18.2 Å². The first-order valence-electron chi connectivity index (χ1n) is 10.3. The van der Waals surface area contributed by atoms with Crippen molar-refractivity contribution in [2.45, 2.75) is 38.7 Å². The second-order valence-electron chi connectivity index (χ2n) is 9.05. The van der Waals surface area contributed by atoms with Gasteiger partial charge in [-0.05, 0) is 49.2 Å². The second kappa shape index (κ2) is 7.67. The number of H-pyrrole nitrogens is 1. The number of rotatable bonds is 6. The molecule has 0 bridgehead atoms. The molecule has 0 amide bonds. The van der Waals surface area contributed by atoms with Gasteiger partial charge in [0.25, 0.3) is 0 Å². The largest absolute Gasteiger partial charge is 0.386 e. The van der Waals surface area contributed by atoms with Crippen LogP contribution < -0.4 is 11.1 Å². The number of nitrogens with zero attached hydrogens (tertiary/aromatic N) is 3. The molecule has 0 saturated carbocycles. The number of anilines is 2. The fourth-order valence-corrected chi connectivity index (χ4v) is 3.51. The molecule has 7 nitrogen and oxygen atoms in total. The van der Waals surface area contributed by atoms with Crippen molar-refractivity contribution in [3.8, 4) is 11.3 Å². The monoisotopic (exact) mass is 416 g/mol. The lowest BCUT2D eigenvalue weighted by atomic mass is 9.82. The average Bonchev–Trinajstić information content (AvgIpc) is 3.12. The van der Waals surface area contributed by atoms with Crippen molar-refractivity contribution in [2.24, 2.45) is 0 Å². The van der Waals surface area contributed by atoms with Crippen LogP contribution in [-0.2, 0) is 11.0 Å². The number of aliphatic hydroxyl groups is 1. The van der Waals surface area contributed by atoms with Crippen molar-refractivity contribution < 1.29 is 5.11 Å². The number of nitrogens with two attached hydrogens (primary N) is 1. The number of benzene rings is 2. The Hall–Kier alpha value is -3.45. The third-order valence-corrected chi connectivity index (χ3v) is 5.61. The molecule has 0 saturated heterocycles. The van der Waals surface area contributed by atoms with Crippen LogP contribution in [-0.4, -0.2) is 32.0 Å². The zero-order valence-electron chi connectivity index (χ0n) is 18.3. The molecule has 0 fully saturated rings. The van der Waals surface area contributed by atoms with Gasteiger partial charge in [0.2, 0.25) is 0 Å². The van der Waals surface area contributed by atoms with E-state index in [9.17, 15) is 5.11 Å². The minimum Gasteiger partial charge on any atom is -0.386 e. The van der Waals surface area contributed by atoms with Crippen molar-refractivity contribution >= 4 is 22.5 Å². The van der Waals surface area contributed by atoms with Crippen molar-refractivity contribution in [1.29, 1.82) is 0 Å². The minimum atomic E-state index is -0.870. The first kappa shape index (κ1) is 20.8. The highest BCUT2D eigenvalue weighted by molar-refractivity contribution is 5.91. The zero-order chi connectivity index (χ0) is 22.2. The van der Waals surface area contributed by atoms with Crippen molar-refractivity contribution in [1.82, 2.24) is 20.4 Å². The lowest BCUT2D eigenvalue weighted by Crippen LogP contribution is -2.28. The highest BCUT2D eigenvalue weighted by atomic mass is 16.3. The average molecular weight is 417 g/mol. The van der Waals surface area contributed by atoms with Gasteiger partial charge in [-0.3, -0.25) is 5.10 Å². The van der Waals surface area contributed by atoms with Gasteiger partial charge in [0.1, 0.15) is 5.82 Å². The highest BCUT2D eigenvalue weighted by Crippen LogP contribution is 2.29. The summed E-state index contributed by atoms with van der Waals surface area (Å²) < 4.78 is 0. The molecule has 0 aliphatic carbocycles. The van der Waals surface area contributed by atoms with E-state index >= 15 is 0 Å². The van der Waals surface area contributed by atoms with Gasteiger partial charge in [0.05, 0.1) is 16.8 Å². The van der Waals surface area contributed by atoms with Gasteiger partial charge in [-0.2, -0.15) is 5.10 Å². The van der Waals surface area contributed by atoms with Crippen LogP contribution in [0.5, 0.6) is 0 Å². The predicted molar refractivity (Wildman–Crippen MR) is 125 cm³/mol. The van der Waals surface area contributed by atoms with Gasteiger partial charge in [-0.15, -0.1) is 10.2 Å². The SMILES string of the molecule is CC(C)(O)c1cccc(C(C)(C)CNc2ccc(-c3ccc4[nH]nc(N)c4c3)nn2)c1. The first-order valence-corrected chi connectivity index (χ1v) is 10.3. The van der Waals surface area contributed by atoms with Gasteiger partial charge in [-0.1, -0.05) is 44.2 Å². The maximum absolute atomic E-state index is 10.3. The molecule has 31 heavy (non-hydrogen) atoms. The second-order valence-corrected chi connectivity index (χ2v) is 9.05. The molecule has 2 aromatic carbocycles. The summed E-state index contributed by atoms with van der Waals surface area (Å²) in [5.41, 5.74) is 9.52. The van der Waals surface area contributed by atoms with E-state index in [1.54, 1.807) is 13.8 Å². The highest BCUT2D eigenvalue weighted by Gasteiger charge is 2.24. The summed E-state index contributed by atoms with van der Waals surface area (Å²) >= 11 is 0. The van der Waals surface area contributed by atoms with Crippen LogP contribution in [0.4, 0.5) is 11.6 Å². The molecule has 160 valence electrons. The number of fused-ring (bicyclic) bond motifs is 1. The van der Waals surface area contributed by atoms with E-state index in [0.717, 1.165) is 33.3 Å². The molecule has 5 N–H and O–H groups in total. The number of nitrogens with one attached hydrogen (secondary N) is 2. The van der Waals surface area contributed by atoms with E-state index in [2.05, 4.69) is 51.7 Å². The van der Waals surface area contributed by atoms with Crippen molar-refractivity contribution in [3.63, 3.8) is 0 Å². The normalized spacial score (nSPS) is 12.3. The molecule has 2 aromatic heterocycles. The smallest absolute Gasteiger partial charge is 0.153 e. The van der Waals surface area contributed by atoms with Crippen molar-refractivity contribution in [2.75, 3.05) is 17.6 Å². The molecule has 0 spiro atoms. The Morgan fingerprint density at radius 1 is 0.968 bits per heavy atom. The van der Waals surface area contributed by atoms with Gasteiger partial charge in [0, 0.05) is 22.9 Å². The van der Waals surface area contributed by atoms with E-state index in [1.165, 1.54) is 0 Å². The summed E-state index contributed by atoms with van der Waals surface area (Å²) in [6.45, 7) is 8.60. The molecule has 0 aliphatic heterocycles. The Morgan fingerprint density at radius 3 is 2.45 bits per heavy atom. The molecule has 0 atom stereocenters. The molecular formula is C24H28N6O. The molecule has 2 heterocycles. The van der Waals surface area contributed by atoms with Crippen LogP contribution in [0.2, 0.25) is 0 Å². The van der Waals surface area contributed by atoms with Crippen LogP contribution in [0.15, 0.2) is 54.6 Å². The molecule has 0 aliphatic rings. The Labute approximate surface area is 181 Å². The molecule has 0 unspecified atom stereocenters. The molecule has 7 heteroatoms. The fraction of sp³-hybridized carbons (Fsp3) is 0.292. The van der Waals surface area contributed by atoms with Crippen LogP contribution in [0.3, 0.4) is 0 Å². The van der Waals surface area contributed by atoms with Crippen LogP contribution in [0.1, 0.15) is 38.8 Å². The van der Waals surface area contributed by atoms with Crippen molar-refractivity contribution in [3.05, 3.63) is 65.7 Å². The molecule has 4 rings (SSSR count). The van der Waals surface area contributed by atoms with E-state index in [-0.39, 0.29) is 5.41 Å². The van der Waals surface area contributed by atoms with Gasteiger partial charge < -0.3 is 16.2 Å². The number of nitrogen functional groups attached to an aromatic ring is 1. The molecule has 4 aromatic rings. The first-order chi connectivity index (χ1) is 14.6. The Morgan fingerprint density at radius 2 is 1.74 bits per heavy atom. The lowest BCUT2D eigenvalue weighted by molar-refractivity contribution is 0.0784. The van der Waals surface area contributed by atoms with Gasteiger partial charge >= 0.3 is 0 Å². The third-order valence-electron chi connectivity index (χ3n) is 5.61. The van der Waals surface area contributed by atoms with E-state index < -0.39 is 5.60 Å². The number of hydrogen-bond donors (Lipinski definition) is 4. The summed E-state index contributed by atoms with van der Waals surface area (Å²) in [5, 5.41) is 30.2. The minimum absolute atomic E-state index is 0.161. The van der Waals surface area contributed by atoms with Crippen LogP contribution >= 0.6 is 0 Å². The summed E-state index contributed by atoms with van der Waals surface area (Å²) in [6.07, 6.45) is 0. The summed E-state index contributed by atoms with van der Waals surface area (Å²) in [4.78, 5) is 0. The number of hydrogen-bond acceptors (Lipinski definition) is 6. The maximum atomic E-state index is 10.3. The maximum Gasteiger partial charge on any atom is 0.153 e. The molecular weight excluding hydrogens is 388 g/mol. The van der Waals surface area contributed by atoms with E-state index in [4.69, 9.17) is 5.73 Å². The zero-order valence-corrected chi connectivity index (χ0v) is 18.3. The summed E-state index contributed by atoms with van der Waals surface area (Å²) in [6, 6.07) is 17.8. The van der Waals surface area contributed by atoms with E-state index in [1.807, 2.05) is 42.5 Å². The third kappa shape index (κ3) is 4.36. The topological polar surface area (TPSA) is 113 Å². The Balaban J connectivity index is 1.48. The van der Waals surface area contributed by atoms with Gasteiger partial charge in [-0.25, -0.2) is 0 Å². The Bertz CT molecular complexity index is 1200. The summed E-state index contributed by atoms with van der Waals surface area (Å²) in [5.74, 6) is 1.18. The predicted octanol–water partition coefficient (Wildman–Crippen LogP) is 4.22. The van der Waals surface area contributed by atoms with Gasteiger partial charge in [0.15, 0.2) is 5.82 Å². The Kier molecular flexibility index (Phi) is 5.15. The molecule has 0 radical (unpaired) electrons.